The first-order chi connectivity index (χ1) is 6.27. The monoisotopic (exact) mass is 310 g/mol. The van der Waals surface area contributed by atoms with E-state index in [2.05, 4.69) is 24.8 Å². The molecule has 0 saturated carbocycles. The molecule has 84 valence electrons. The van der Waals surface area contributed by atoms with E-state index in [9.17, 15) is 9.13 Å². The molecule has 14 heavy (non-hydrogen) atoms. The highest BCUT2D eigenvalue weighted by Crippen LogP contribution is 2.57. The topological polar surface area (TPSA) is 113 Å². The third-order valence-corrected chi connectivity index (χ3v) is 3.40. The van der Waals surface area contributed by atoms with E-state index in [1.54, 1.807) is 6.08 Å². The van der Waals surface area contributed by atoms with Crippen LogP contribution < -0.4 is 0 Å². The number of hydrogen-bond donors (Lipinski definition) is 3. The summed E-state index contributed by atoms with van der Waals surface area (Å²) in [5.41, 5.74) is 0. The zero-order valence-electron chi connectivity index (χ0n) is 6.82. The fraction of sp³-hybridized carbons (Fsp3) is 0.500. The quantitative estimate of drug-likeness (QED) is 0.503. The van der Waals surface area contributed by atoms with Crippen LogP contribution in [-0.4, -0.2) is 21.3 Å². The van der Waals surface area contributed by atoms with Crippen molar-refractivity contribution in [2.24, 2.45) is 0 Å². The van der Waals surface area contributed by atoms with Crippen molar-refractivity contribution in [3.63, 3.8) is 0 Å². The van der Waals surface area contributed by atoms with Crippen LogP contribution in [0.15, 0.2) is 11.1 Å². The molecule has 7 nitrogen and oxygen atoms in total. The van der Waals surface area contributed by atoms with Gasteiger partial charge in [-0.3, -0.25) is 4.52 Å². The lowest BCUT2D eigenvalue weighted by Gasteiger charge is -2.11. The average molecular weight is 311 g/mol. The molecule has 0 amide bonds. The Bertz CT molecular complexity index is 283. The second-order valence-electron chi connectivity index (χ2n) is 2.02. The molecule has 0 heterocycles. The molecule has 0 radical (unpaired) electrons. The maximum Gasteiger partial charge on any atom is 0.481 e. The lowest BCUT2D eigenvalue weighted by Crippen LogP contribution is -1.94. The summed E-state index contributed by atoms with van der Waals surface area (Å²) in [4.78, 5) is 26.7. The van der Waals surface area contributed by atoms with Gasteiger partial charge in [0, 0.05) is 0 Å². The first-order valence-corrected chi connectivity index (χ1v) is 7.20. The summed E-state index contributed by atoms with van der Waals surface area (Å²) in [6.07, 6.45) is 1.89. The molecule has 0 fully saturated rings. The number of halogens is 1. The van der Waals surface area contributed by atoms with E-state index in [0.717, 1.165) is 0 Å². The van der Waals surface area contributed by atoms with Gasteiger partial charge < -0.3 is 14.7 Å². The van der Waals surface area contributed by atoms with E-state index >= 15 is 0 Å². The minimum Gasteiger partial charge on any atom is -0.302 e. The predicted molar refractivity (Wildman–Crippen MR) is 51.6 cm³/mol. The summed E-state index contributed by atoms with van der Waals surface area (Å²) in [7, 11) is -9.67. The largest absolute Gasteiger partial charge is 0.481 e. The highest BCUT2D eigenvalue weighted by atomic mass is 79.9. The van der Waals surface area contributed by atoms with Gasteiger partial charge in [-0.1, -0.05) is 22.0 Å². The van der Waals surface area contributed by atoms with Gasteiger partial charge in [-0.15, -0.1) is 0 Å². The molecule has 0 aromatic rings. The van der Waals surface area contributed by atoms with Crippen LogP contribution in [0.1, 0.15) is 6.42 Å². The molecular weight excluding hydrogens is 302 g/mol. The lowest BCUT2D eigenvalue weighted by molar-refractivity contribution is 0.180. The van der Waals surface area contributed by atoms with Crippen molar-refractivity contribution in [3.05, 3.63) is 11.1 Å². The third-order valence-electron chi connectivity index (χ3n) is 0.838. The van der Waals surface area contributed by atoms with E-state index in [-0.39, 0.29) is 6.61 Å². The van der Waals surface area contributed by atoms with Gasteiger partial charge in [-0.25, -0.2) is 9.13 Å². The minimum absolute atomic E-state index is 0.185. The molecule has 0 aliphatic rings. The van der Waals surface area contributed by atoms with E-state index in [1.165, 1.54) is 4.99 Å². The predicted octanol–water partition coefficient (Wildman–Crippen LogP) is 1.51. The summed E-state index contributed by atoms with van der Waals surface area (Å²) in [6.45, 7) is -0.185. The Balaban J connectivity index is 3.96. The first kappa shape index (κ1) is 14.5. The fourth-order valence-electron chi connectivity index (χ4n) is 0.457. The smallest absolute Gasteiger partial charge is 0.302 e. The number of phosphoric acid groups is 2. The highest BCUT2D eigenvalue weighted by molar-refractivity contribution is 9.11. The van der Waals surface area contributed by atoms with Gasteiger partial charge in [-0.05, 0) is 11.4 Å². The Morgan fingerprint density at radius 3 is 2.29 bits per heavy atom. The van der Waals surface area contributed by atoms with Crippen molar-refractivity contribution >= 4 is 31.6 Å². The molecule has 0 bridgehead atoms. The number of rotatable bonds is 6. The standard InChI is InChI=1S/C4H9BrO7P2/c5-3-1-2-4-11-14(9,10)12-13(6,7)8/h1,3H,2,4H2,(H,9,10)(H2,6,7,8)/b3-1+. The SMILES string of the molecule is O=P(O)(O)OP(=O)(O)OCC/C=C/Br. The number of hydrogen-bond acceptors (Lipinski definition) is 4. The lowest BCUT2D eigenvalue weighted by atomic mass is 10.5. The molecule has 1 atom stereocenters. The second kappa shape index (κ2) is 6.15. The van der Waals surface area contributed by atoms with Crippen molar-refractivity contribution in [1.82, 2.24) is 0 Å². The molecule has 0 aliphatic carbocycles. The molecule has 0 aliphatic heterocycles. The van der Waals surface area contributed by atoms with Gasteiger partial charge in [-0.2, -0.15) is 4.31 Å². The maximum absolute atomic E-state index is 10.8. The Kier molecular flexibility index (Phi) is 6.36. The van der Waals surface area contributed by atoms with Crippen LogP contribution >= 0.6 is 31.6 Å². The van der Waals surface area contributed by atoms with Gasteiger partial charge in [0.1, 0.15) is 0 Å². The van der Waals surface area contributed by atoms with Crippen molar-refractivity contribution in [3.8, 4) is 0 Å². The molecule has 0 rings (SSSR count). The maximum atomic E-state index is 10.8. The summed E-state index contributed by atoms with van der Waals surface area (Å²) in [6, 6.07) is 0. The summed E-state index contributed by atoms with van der Waals surface area (Å²) in [5.74, 6) is 0. The van der Waals surface area contributed by atoms with Gasteiger partial charge in [0.25, 0.3) is 0 Å². The van der Waals surface area contributed by atoms with Gasteiger partial charge >= 0.3 is 15.6 Å². The van der Waals surface area contributed by atoms with Crippen LogP contribution in [0.2, 0.25) is 0 Å². The van der Waals surface area contributed by atoms with E-state index in [0.29, 0.717) is 6.42 Å². The zero-order chi connectivity index (χ0) is 11.2. The summed E-state index contributed by atoms with van der Waals surface area (Å²) < 4.78 is 28.7. The Hall–Kier alpha value is 0.480. The molecule has 3 N–H and O–H groups in total. The van der Waals surface area contributed by atoms with E-state index in [4.69, 9.17) is 14.7 Å². The average Bonchev–Trinajstić information content (AvgIpc) is 1.93. The molecule has 0 aromatic carbocycles. The highest BCUT2D eigenvalue weighted by Gasteiger charge is 2.31. The van der Waals surface area contributed by atoms with Crippen molar-refractivity contribution in [1.29, 1.82) is 0 Å². The summed E-state index contributed by atoms with van der Waals surface area (Å²) in [5, 5.41) is 0. The Morgan fingerprint density at radius 2 is 1.86 bits per heavy atom. The van der Waals surface area contributed by atoms with E-state index in [1.807, 2.05) is 0 Å². The van der Waals surface area contributed by atoms with Gasteiger partial charge in [0.15, 0.2) is 0 Å². The van der Waals surface area contributed by atoms with Crippen LogP contribution in [0.3, 0.4) is 0 Å². The second-order valence-corrected chi connectivity index (χ2v) is 5.38. The molecule has 10 heteroatoms. The first-order valence-electron chi connectivity index (χ1n) is 3.26. The molecule has 1 unspecified atom stereocenters. The zero-order valence-corrected chi connectivity index (χ0v) is 10.2. The number of phosphoric ester groups is 1. The van der Waals surface area contributed by atoms with Crippen LogP contribution in [0.4, 0.5) is 0 Å². The fourth-order valence-corrected chi connectivity index (χ4v) is 2.32. The minimum atomic E-state index is -5.01. The molecular formula is C4H9BrO7P2. The van der Waals surface area contributed by atoms with Gasteiger partial charge in [0.2, 0.25) is 0 Å². The van der Waals surface area contributed by atoms with Crippen molar-refractivity contribution in [2.45, 2.75) is 6.42 Å². The molecule has 0 saturated heterocycles. The van der Waals surface area contributed by atoms with E-state index < -0.39 is 15.6 Å². The van der Waals surface area contributed by atoms with Crippen LogP contribution in [0.25, 0.3) is 0 Å². The van der Waals surface area contributed by atoms with Crippen LogP contribution in [0.5, 0.6) is 0 Å². The Labute approximate surface area is 88.7 Å². The molecule has 0 aromatic heterocycles. The van der Waals surface area contributed by atoms with Gasteiger partial charge in [0.05, 0.1) is 6.61 Å². The van der Waals surface area contributed by atoms with Crippen LogP contribution in [-0.2, 0) is 18.0 Å². The normalized spacial score (nSPS) is 17.1. The third kappa shape index (κ3) is 9.05. The Morgan fingerprint density at radius 1 is 1.29 bits per heavy atom. The van der Waals surface area contributed by atoms with Crippen LogP contribution in [0, 0.1) is 0 Å². The summed E-state index contributed by atoms with van der Waals surface area (Å²) >= 11 is 2.96. The van der Waals surface area contributed by atoms with Crippen molar-refractivity contribution in [2.75, 3.05) is 6.61 Å². The van der Waals surface area contributed by atoms with Crippen molar-refractivity contribution < 1.29 is 32.6 Å². The molecule has 0 spiro atoms.